The van der Waals surface area contributed by atoms with E-state index >= 15 is 0 Å². The molecule has 1 saturated carbocycles. The van der Waals surface area contributed by atoms with Gasteiger partial charge in [-0.25, -0.2) is 4.98 Å². The van der Waals surface area contributed by atoms with Gasteiger partial charge in [-0.15, -0.1) is 11.3 Å². The van der Waals surface area contributed by atoms with Crippen LogP contribution in [-0.2, 0) is 13.1 Å². The van der Waals surface area contributed by atoms with Gasteiger partial charge in [0.2, 0.25) is 0 Å². The van der Waals surface area contributed by atoms with Crippen LogP contribution in [-0.4, -0.2) is 11.0 Å². The molecular formula is C9H15N3S. The lowest BCUT2D eigenvalue weighted by Gasteiger charge is -2.26. The van der Waals surface area contributed by atoms with Crippen molar-refractivity contribution in [3.63, 3.8) is 0 Å². The van der Waals surface area contributed by atoms with E-state index in [1.54, 1.807) is 11.3 Å². The third-order valence-corrected chi connectivity index (χ3v) is 3.37. The number of nitrogens with zero attached hydrogens (tertiary/aromatic N) is 1. The summed E-state index contributed by atoms with van der Waals surface area (Å²) in [5, 5.41) is 6.60. The quantitative estimate of drug-likeness (QED) is 0.763. The third kappa shape index (κ3) is 2.27. The van der Waals surface area contributed by atoms with E-state index in [0.717, 1.165) is 23.3 Å². The maximum absolute atomic E-state index is 5.48. The van der Waals surface area contributed by atoms with Gasteiger partial charge >= 0.3 is 0 Å². The Balaban J connectivity index is 1.79. The fraction of sp³-hybridized carbons (Fsp3) is 0.667. The lowest BCUT2D eigenvalue weighted by molar-refractivity contribution is 0.337. The third-order valence-electron chi connectivity index (χ3n) is 2.45. The van der Waals surface area contributed by atoms with E-state index in [1.807, 2.05) is 0 Å². The number of hydrogen-bond donors (Lipinski definition) is 2. The maximum Gasteiger partial charge on any atom is 0.106 e. The largest absolute Gasteiger partial charge is 0.325 e. The van der Waals surface area contributed by atoms with Crippen molar-refractivity contribution in [2.24, 2.45) is 5.73 Å². The fourth-order valence-electron chi connectivity index (χ4n) is 1.39. The van der Waals surface area contributed by atoms with E-state index in [4.69, 9.17) is 5.73 Å². The zero-order valence-electron chi connectivity index (χ0n) is 7.62. The summed E-state index contributed by atoms with van der Waals surface area (Å²) < 4.78 is 0. The molecule has 3 nitrogen and oxygen atoms in total. The first-order valence-electron chi connectivity index (χ1n) is 4.75. The van der Waals surface area contributed by atoms with Crippen LogP contribution in [0.4, 0.5) is 0 Å². The molecule has 0 aromatic carbocycles. The molecule has 72 valence electrons. The number of rotatable bonds is 4. The number of thiazole rings is 1. The van der Waals surface area contributed by atoms with Gasteiger partial charge < -0.3 is 11.1 Å². The van der Waals surface area contributed by atoms with Crippen molar-refractivity contribution in [1.82, 2.24) is 10.3 Å². The zero-order chi connectivity index (χ0) is 9.10. The van der Waals surface area contributed by atoms with E-state index in [0.29, 0.717) is 6.54 Å². The molecule has 3 N–H and O–H groups in total. The minimum atomic E-state index is 0.564. The topological polar surface area (TPSA) is 50.9 Å². The number of hydrogen-bond acceptors (Lipinski definition) is 4. The summed E-state index contributed by atoms with van der Waals surface area (Å²) in [5.41, 5.74) is 6.62. The number of nitrogens with two attached hydrogens (primary N) is 1. The Kier molecular flexibility index (Phi) is 2.93. The second kappa shape index (κ2) is 4.17. The molecule has 13 heavy (non-hydrogen) atoms. The van der Waals surface area contributed by atoms with Gasteiger partial charge in [0.1, 0.15) is 5.01 Å². The van der Waals surface area contributed by atoms with Gasteiger partial charge in [0.05, 0.1) is 5.69 Å². The Morgan fingerprint density at radius 1 is 1.62 bits per heavy atom. The number of nitrogens with one attached hydrogen (secondary N) is 1. The fourth-order valence-corrected chi connectivity index (χ4v) is 2.06. The normalized spacial score (nSPS) is 17.3. The van der Waals surface area contributed by atoms with Gasteiger partial charge in [-0.2, -0.15) is 0 Å². The highest BCUT2D eigenvalue weighted by atomic mass is 32.1. The highest BCUT2D eigenvalue weighted by Gasteiger charge is 2.16. The van der Waals surface area contributed by atoms with Gasteiger partial charge in [-0.3, -0.25) is 0 Å². The summed E-state index contributed by atoms with van der Waals surface area (Å²) in [7, 11) is 0. The molecule has 2 rings (SSSR count). The van der Waals surface area contributed by atoms with Crippen LogP contribution in [0.3, 0.4) is 0 Å². The predicted octanol–water partition coefficient (Wildman–Crippen LogP) is 1.24. The van der Waals surface area contributed by atoms with Crippen molar-refractivity contribution in [3.05, 3.63) is 16.1 Å². The van der Waals surface area contributed by atoms with Gasteiger partial charge in [0, 0.05) is 24.5 Å². The van der Waals surface area contributed by atoms with E-state index in [-0.39, 0.29) is 0 Å². The lowest BCUT2D eigenvalue weighted by atomic mass is 9.93. The van der Waals surface area contributed by atoms with E-state index < -0.39 is 0 Å². The average molecular weight is 197 g/mol. The molecule has 1 heterocycles. The molecule has 1 aliphatic carbocycles. The van der Waals surface area contributed by atoms with Gasteiger partial charge in [0.25, 0.3) is 0 Å². The van der Waals surface area contributed by atoms with Crippen molar-refractivity contribution in [3.8, 4) is 0 Å². The molecule has 0 unspecified atom stereocenters. The van der Waals surface area contributed by atoms with Gasteiger partial charge in [-0.05, 0) is 12.8 Å². The molecule has 1 fully saturated rings. The van der Waals surface area contributed by atoms with Gasteiger partial charge in [0.15, 0.2) is 0 Å². The Labute approximate surface area is 82.4 Å². The summed E-state index contributed by atoms with van der Waals surface area (Å²) in [5.74, 6) is 0. The maximum atomic E-state index is 5.48. The molecule has 0 saturated heterocycles. The Morgan fingerprint density at radius 2 is 2.46 bits per heavy atom. The van der Waals surface area contributed by atoms with Crippen LogP contribution in [0.25, 0.3) is 0 Å². The summed E-state index contributed by atoms with van der Waals surface area (Å²) in [6.07, 6.45) is 4.03. The van der Waals surface area contributed by atoms with Crippen molar-refractivity contribution < 1.29 is 0 Å². The SMILES string of the molecule is NCc1nc(CNC2CCC2)cs1. The standard InChI is InChI=1S/C9H15N3S/c10-4-9-12-8(6-13-9)5-11-7-2-1-3-7/h6-7,11H,1-5,10H2. The zero-order valence-corrected chi connectivity index (χ0v) is 8.44. The van der Waals surface area contributed by atoms with Crippen LogP contribution in [0.15, 0.2) is 5.38 Å². The highest BCUT2D eigenvalue weighted by molar-refractivity contribution is 7.09. The second-order valence-corrected chi connectivity index (χ2v) is 4.39. The average Bonchev–Trinajstić information content (AvgIpc) is 2.49. The summed E-state index contributed by atoms with van der Waals surface area (Å²) in [6, 6.07) is 0.739. The van der Waals surface area contributed by atoms with Crippen LogP contribution in [0.1, 0.15) is 30.0 Å². The smallest absolute Gasteiger partial charge is 0.106 e. The van der Waals surface area contributed by atoms with Crippen molar-refractivity contribution in [2.45, 2.75) is 38.4 Å². The first kappa shape index (κ1) is 9.12. The van der Waals surface area contributed by atoms with Crippen LogP contribution in [0, 0.1) is 0 Å². The molecule has 1 aromatic rings. The molecule has 0 atom stereocenters. The molecule has 0 aliphatic heterocycles. The minimum Gasteiger partial charge on any atom is -0.325 e. The van der Waals surface area contributed by atoms with Crippen LogP contribution >= 0.6 is 11.3 Å². The first-order chi connectivity index (χ1) is 6.38. The van der Waals surface area contributed by atoms with Crippen molar-refractivity contribution in [2.75, 3.05) is 0 Å². The van der Waals surface area contributed by atoms with E-state index in [1.165, 1.54) is 19.3 Å². The molecule has 0 amide bonds. The summed E-state index contributed by atoms with van der Waals surface area (Å²) in [6.45, 7) is 1.47. The monoisotopic (exact) mass is 197 g/mol. The Morgan fingerprint density at radius 3 is 3.00 bits per heavy atom. The first-order valence-corrected chi connectivity index (χ1v) is 5.63. The van der Waals surface area contributed by atoms with Crippen molar-refractivity contribution >= 4 is 11.3 Å². The molecular weight excluding hydrogens is 182 g/mol. The van der Waals surface area contributed by atoms with Gasteiger partial charge in [-0.1, -0.05) is 6.42 Å². The predicted molar refractivity (Wildman–Crippen MR) is 54.5 cm³/mol. The van der Waals surface area contributed by atoms with Crippen LogP contribution in [0.2, 0.25) is 0 Å². The molecule has 1 aliphatic rings. The Hall–Kier alpha value is -0.450. The van der Waals surface area contributed by atoms with Crippen LogP contribution in [0.5, 0.6) is 0 Å². The van der Waals surface area contributed by atoms with Crippen molar-refractivity contribution in [1.29, 1.82) is 0 Å². The summed E-state index contributed by atoms with van der Waals surface area (Å²) >= 11 is 1.65. The molecule has 0 radical (unpaired) electrons. The molecule has 0 spiro atoms. The molecule has 1 aromatic heterocycles. The minimum absolute atomic E-state index is 0.564. The van der Waals surface area contributed by atoms with E-state index in [9.17, 15) is 0 Å². The highest BCUT2D eigenvalue weighted by Crippen LogP contribution is 2.18. The lowest BCUT2D eigenvalue weighted by Crippen LogP contribution is -2.34. The van der Waals surface area contributed by atoms with Crippen LogP contribution < -0.4 is 11.1 Å². The van der Waals surface area contributed by atoms with E-state index in [2.05, 4.69) is 15.7 Å². The summed E-state index contributed by atoms with van der Waals surface area (Å²) in [4.78, 5) is 4.39. The second-order valence-electron chi connectivity index (χ2n) is 3.45. The molecule has 4 heteroatoms. The number of aromatic nitrogens is 1. The molecule has 0 bridgehead atoms. The Bertz CT molecular complexity index is 268.